The molecule has 0 atom stereocenters. The van der Waals surface area contributed by atoms with Crippen molar-refractivity contribution in [1.29, 1.82) is 0 Å². The number of amides is 1. The van der Waals surface area contributed by atoms with Crippen LogP contribution in [-0.2, 0) is 0 Å². The van der Waals surface area contributed by atoms with Crippen molar-refractivity contribution in [1.82, 2.24) is 4.90 Å². The average Bonchev–Trinajstić information content (AvgIpc) is 2.14. The summed E-state index contributed by atoms with van der Waals surface area (Å²) in [6.45, 7) is 2.13. The molecule has 5 heteroatoms. The minimum absolute atomic E-state index is 0.271. The monoisotopic (exact) mass is 277 g/mol. The van der Waals surface area contributed by atoms with Crippen LogP contribution in [0.3, 0.4) is 0 Å². The van der Waals surface area contributed by atoms with Gasteiger partial charge in [-0.15, -0.1) is 0 Å². The second-order valence-electron chi connectivity index (χ2n) is 3.06. The molecule has 0 N–H and O–H groups in total. The van der Waals surface area contributed by atoms with E-state index in [0.29, 0.717) is 6.54 Å². The van der Waals surface area contributed by atoms with Crippen molar-refractivity contribution in [2.24, 2.45) is 0 Å². The van der Waals surface area contributed by atoms with Crippen LogP contribution in [-0.4, -0.2) is 24.4 Å². The Morgan fingerprint density at radius 3 is 2.27 bits per heavy atom. The summed E-state index contributed by atoms with van der Waals surface area (Å²) in [6.07, 6.45) is 0. The van der Waals surface area contributed by atoms with E-state index >= 15 is 0 Å². The summed E-state index contributed by atoms with van der Waals surface area (Å²) in [7, 11) is 1.49. The van der Waals surface area contributed by atoms with Gasteiger partial charge in [-0.3, -0.25) is 4.79 Å². The van der Waals surface area contributed by atoms with Crippen molar-refractivity contribution >= 4 is 21.8 Å². The second kappa shape index (κ2) is 4.70. The van der Waals surface area contributed by atoms with Gasteiger partial charge in [-0.1, -0.05) is 15.9 Å². The van der Waals surface area contributed by atoms with Gasteiger partial charge in [0.25, 0.3) is 5.91 Å². The summed E-state index contributed by atoms with van der Waals surface area (Å²) < 4.78 is 27.0. The largest absolute Gasteiger partial charge is 0.342 e. The van der Waals surface area contributed by atoms with Crippen molar-refractivity contribution in [2.45, 2.75) is 6.92 Å². The van der Waals surface area contributed by atoms with E-state index in [2.05, 4.69) is 15.9 Å². The van der Waals surface area contributed by atoms with Crippen LogP contribution >= 0.6 is 15.9 Å². The lowest BCUT2D eigenvalue weighted by atomic mass is 10.1. The maximum absolute atomic E-state index is 13.3. The van der Waals surface area contributed by atoms with E-state index in [0.717, 1.165) is 12.1 Å². The number of nitrogens with zero attached hydrogens (tertiary/aromatic N) is 1. The molecule has 0 aliphatic rings. The van der Waals surface area contributed by atoms with Crippen molar-refractivity contribution < 1.29 is 13.6 Å². The normalized spacial score (nSPS) is 10.2. The van der Waals surface area contributed by atoms with Gasteiger partial charge in [0.2, 0.25) is 0 Å². The third kappa shape index (κ3) is 2.53. The Hall–Kier alpha value is -0.970. The number of carbonyl (C=O) groups is 1. The van der Waals surface area contributed by atoms with E-state index in [1.54, 1.807) is 6.92 Å². The maximum atomic E-state index is 13.3. The number of hydrogen-bond acceptors (Lipinski definition) is 1. The van der Waals surface area contributed by atoms with Gasteiger partial charge in [0, 0.05) is 18.1 Å². The first-order chi connectivity index (χ1) is 6.97. The van der Waals surface area contributed by atoms with Crippen LogP contribution in [0.1, 0.15) is 17.3 Å². The van der Waals surface area contributed by atoms with Gasteiger partial charge in [0.05, 0.1) is 0 Å². The lowest BCUT2D eigenvalue weighted by Gasteiger charge is -2.15. The van der Waals surface area contributed by atoms with Crippen LogP contribution in [0.2, 0.25) is 0 Å². The first-order valence-corrected chi connectivity index (χ1v) is 5.16. The summed E-state index contributed by atoms with van der Waals surface area (Å²) in [4.78, 5) is 12.8. The molecule has 0 unspecified atom stereocenters. The molecule has 0 spiro atoms. The van der Waals surface area contributed by atoms with Crippen molar-refractivity contribution in [3.05, 3.63) is 33.8 Å². The van der Waals surface area contributed by atoms with Crippen LogP contribution in [0, 0.1) is 11.6 Å². The molecular formula is C10H10BrF2NO. The molecule has 0 aliphatic carbocycles. The first-order valence-electron chi connectivity index (χ1n) is 4.37. The molecule has 0 aromatic heterocycles. The van der Waals surface area contributed by atoms with Crippen LogP contribution in [0.4, 0.5) is 8.78 Å². The third-order valence-electron chi connectivity index (χ3n) is 2.04. The molecule has 0 fully saturated rings. The maximum Gasteiger partial charge on any atom is 0.259 e. The summed E-state index contributed by atoms with van der Waals surface area (Å²) in [5.74, 6) is -2.36. The minimum atomic E-state index is -0.854. The van der Waals surface area contributed by atoms with Crippen molar-refractivity contribution in [3.8, 4) is 0 Å². The van der Waals surface area contributed by atoms with Crippen LogP contribution in [0.15, 0.2) is 16.6 Å². The molecule has 1 rings (SSSR count). The fourth-order valence-corrected chi connectivity index (χ4v) is 1.48. The standard InChI is InChI=1S/C10H10BrF2NO/c1-3-14(2)10(15)9-7(12)4-6(11)5-8(9)13/h4-5H,3H2,1-2H3. The molecule has 1 aromatic rings. The quantitative estimate of drug-likeness (QED) is 0.814. The Labute approximate surface area is 95.0 Å². The molecule has 0 saturated heterocycles. The topological polar surface area (TPSA) is 20.3 Å². The highest BCUT2D eigenvalue weighted by molar-refractivity contribution is 9.10. The molecule has 0 aliphatic heterocycles. The zero-order valence-corrected chi connectivity index (χ0v) is 9.94. The molecule has 15 heavy (non-hydrogen) atoms. The number of halogens is 3. The number of carbonyl (C=O) groups excluding carboxylic acids is 1. The van der Waals surface area contributed by atoms with Gasteiger partial charge < -0.3 is 4.90 Å². The fraction of sp³-hybridized carbons (Fsp3) is 0.300. The van der Waals surface area contributed by atoms with E-state index < -0.39 is 23.1 Å². The van der Waals surface area contributed by atoms with E-state index in [4.69, 9.17) is 0 Å². The summed E-state index contributed by atoms with van der Waals surface area (Å²) in [5, 5.41) is 0. The third-order valence-corrected chi connectivity index (χ3v) is 2.50. The summed E-state index contributed by atoms with van der Waals surface area (Å²) in [6, 6.07) is 2.14. The highest BCUT2D eigenvalue weighted by Crippen LogP contribution is 2.20. The SMILES string of the molecule is CCN(C)C(=O)c1c(F)cc(Br)cc1F. The molecule has 2 nitrogen and oxygen atoms in total. The van der Waals surface area contributed by atoms with Gasteiger partial charge in [-0.25, -0.2) is 8.78 Å². The highest BCUT2D eigenvalue weighted by atomic mass is 79.9. The molecule has 0 bridgehead atoms. The van der Waals surface area contributed by atoms with Crippen molar-refractivity contribution in [2.75, 3.05) is 13.6 Å². The molecule has 82 valence electrons. The lowest BCUT2D eigenvalue weighted by molar-refractivity contribution is 0.0793. The van der Waals surface area contributed by atoms with Gasteiger partial charge in [-0.05, 0) is 19.1 Å². The van der Waals surface area contributed by atoms with E-state index in [1.165, 1.54) is 11.9 Å². The lowest BCUT2D eigenvalue weighted by Crippen LogP contribution is -2.28. The Kier molecular flexibility index (Phi) is 3.79. The Morgan fingerprint density at radius 1 is 1.40 bits per heavy atom. The van der Waals surface area contributed by atoms with Gasteiger partial charge in [0.15, 0.2) is 0 Å². The molecular weight excluding hydrogens is 268 g/mol. The zero-order chi connectivity index (χ0) is 11.6. The predicted molar refractivity (Wildman–Crippen MR) is 56.7 cm³/mol. The van der Waals surface area contributed by atoms with Gasteiger partial charge >= 0.3 is 0 Å². The molecule has 0 radical (unpaired) electrons. The van der Waals surface area contributed by atoms with E-state index in [9.17, 15) is 13.6 Å². The molecule has 1 aromatic carbocycles. The Balaban J connectivity index is 3.20. The zero-order valence-electron chi connectivity index (χ0n) is 8.35. The number of benzene rings is 1. The van der Waals surface area contributed by atoms with E-state index in [1.807, 2.05) is 0 Å². The smallest absolute Gasteiger partial charge is 0.259 e. The van der Waals surface area contributed by atoms with Gasteiger partial charge in [-0.2, -0.15) is 0 Å². The van der Waals surface area contributed by atoms with Gasteiger partial charge in [0.1, 0.15) is 17.2 Å². The summed E-state index contributed by atoms with van der Waals surface area (Å²) >= 11 is 2.95. The van der Waals surface area contributed by atoms with Crippen LogP contribution in [0.25, 0.3) is 0 Å². The Morgan fingerprint density at radius 2 is 1.87 bits per heavy atom. The molecule has 1 amide bonds. The van der Waals surface area contributed by atoms with Crippen LogP contribution in [0.5, 0.6) is 0 Å². The molecule has 0 heterocycles. The molecule has 0 saturated carbocycles. The van der Waals surface area contributed by atoms with Crippen molar-refractivity contribution in [3.63, 3.8) is 0 Å². The fourth-order valence-electron chi connectivity index (χ4n) is 1.08. The Bertz CT molecular complexity index is 372. The van der Waals surface area contributed by atoms with Crippen LogP contribution < -0.4 is 0 Å². The summed E-state index contributed by atoms with van der Waals surface area (Å²) in [5.41, 5.74) is -0.512. The average molecular weight is 278 g/mol. The predicted octanol–water partition coefficient (Wildman–Crippen LogP) is 2.82. The number of hydrogen-bond donors (Lipinski definition) is 0. The first kappa shape index (κ1) is 12.1. The minimum Gasteiger partial charge on any atom is -0.342 e. The second-order valence-corrected chi connectivity index (χ2v) is 3.98. The number of rotatable bonds is 2. The highest BCUT2D eigenvalue weighted by Gasteiger charge is 2.20. The van der Waals surface area contributed by atoms with E-state index in [-0.39, 0.29) is 4.47 Å².